The molecule has 4 rings (SSSR count). The van der Waals surface area contributed by atoms with Crippen molar-refractivity contribution in [1.29, 1.82) is 5.41 Å². The highest BCUT2D eigenvalue weighted by Crippen LogP contribution is 2.34. The molecule has 0 amide bonds. The number of aliphatic hydroxyl groups excluding tert-OH is 2. The van der Waals surface area contributed by atoms with Gasteiger partial charge < -0.3 is 30.2 Å². The Kier molecular flexibility index (Phi) is 7.26. The number of rotatable bonds is 8. The molecule has 174 valence electrons. The largest absolute Gasteiger partial charge is 0.513 e. The van der Waals surface area contributed by atoms with Crippen LogP contribution in [0.15, 0.2) is 46.8 Å². The smallest absolute Gasteiger partial charge is 0.159 e. The van der Waals surface area contributed by atoms with Crippen LogP contribution in [0, 0.1) is 5.41 Å². The number of hydrogen-bond donors (Lipinski definition) is 4. The lowest BCUT2D eigenvalue weighted by molar-refractivity contribution is 0.201. The summed E-state index contributed by atoms with van der Waals surface area (Å²) in [7, 11) is 0. The van der Waals surface area contributed by atoms with Gasteiger partial charge in [0, 0.05) is 50.2 Å². The SMILES string of the molecule is C/C(O)=C/C(=N)CN1CCN(c2c(Br)cnc3[nH]c(-c4ccc(OCCO)cc4)nc23)CC1. The first-order valence-electron chi connectivity index (χ1n) is 10.7. The molecule has 0 saturated carbocycles. The molecule has 10 heteroatoms. The average molecular weight is 515 g/mol. The van der Waals surface area contributed by atoms with Gasteiger partial charge in [0.15, 0.2) is 5.65 Å². The molecule has 0 bridgehead atoms. The monoisotopic (exact) mass is 514 g/mol. The molecule has 4 N–H and O–H groups in total. The number of benzene rings is 1. The molecule has 1 saturated heterocycles. The van der Waals surface area contributed by atoms with Gasteiger partial charge in [0.1, 0.15) is 23.7 Å². The number of fused-ring (bicyclic) bond motifs is 1. The minimum atomic E-state index is -0.0230. The molecule has 0 spiro atoms. The first kappa shape index (κ1) is 23.2. The molecule has 0 unspecified atom stereocenters. The van der Waals surface area contributed by atoms with E-state index in [-0.39, 0.29) is 19.0 Å². The van der Waals surface area contributed by atoms with E-state index < -0.39 is 0 Å². The van der Waals surface area contributed by atoms with Crippen LogP contribution in [-0.2, 0) is 0 Å². The number of aromatic nitrogens is 3. The molecule has 0 radical (unpaired) electrons. The summed E-state index contributed by atoms with van der Waals surface area (Å²) in [4.78, 5) is 17.2. The van der Waals surface area contributed by atoms with Gasteiger partial charge in [-0.05, 0) is 53.2 Å². The van der Waals surface area contributed by atoms with E-state index in [4.69, 9.17) is 20.2 Å². The van der Waals surface area contributed by atoms with Crippen molar-refractivity contribution < 1.29 is 14.9 Å². The number of aliphatic hydroxyl groups is 2. The summed E-state index contributed by atoms with van der Waals surface area (Å²) in [5.74, 6) is 1.58. The standard InChI is InChI=1S/C23H27BrN6O3/c1-15(32)12-17(25)14-29-6-8-30(9-7-29)21-19(24)13-26-23-20(21)27-22(28-23)16-2-4-18(5-3-16)33-11-10-31/h2-5,12-13,25,31-32H,6-11,14H2,1H3,(H,26,27,28)/b15-12-,25-17?. The molecule has 1 aliphatic rings. The Morgan fingerprint density at radius 3 is 2.64 bits per heavy atom. The van der Waals surface area contributed by atoms with E-state index >= 15 is 0 Å². The molecular weight excluding hydrogens is 488 g/mol. The summed E-state index contributed by atoms with van der Waals surface area (Å²) in [6, 6.07) is 7.56. The molecule has 1 fully saturated rings. The van der Waals surface area contributed by atoms with Crippen molar-refractivity contribution in [1.82, 2.24) is 19.9 Å². The molecule has 0 atom stereocenters. The maximum atomic E-state index is 9.36. The minimum absolute atomic E-state index is 0.0230. The number of aromatic amines is 1. The van der Waals surface area contributed by atoms with Crippen LogP contribution in [0.3, 0.4) is 0 Å². The second-order valence-corrected chi connectivity index (χ2v) is 8.76. The molecule has 33 heavy (non-hydrogen) atoms. The van der Waals surface area contributed by atoms with E-state index in [9.17, 15) is 5.11 Å². The van der Waals surface area contributed by atoms with Crippen LogP contribution >= 0.6 is 15.9 Å². The van der Waals surface area contributed by atoms with Gasteiger partial charge in [0.2, 0.25) is 0 Å². The predicted molar refractivity (Wildman–Crippen MR) is 132 cm³/mol. The number of halogens is 1. The van der Waals surface area contributed by atoms with Crippen LogP contribution in [0.5, 0.6) is 5.75 Å². The number of piperazine rings is 1. The number of nitrogens with one attached hydrogen (secondary N) is 2. The molecular formula is C23H27BrN6O3. The van der Waals surface area contributed by atoms with Crippen molar-refractivity contribution in [2.75, 3.05) is 50.8 Å². The van der Waals surface area contributed by atoms with E-state index in [1.54, 1.807) is 13.1 Å². The van der Waals surface area contributed by atoms with E-state index in [1.165, 1.54) is 6.08 Å². The van der Waals surface area contributed by atoms with Crippen molar-refractivity contribution in [3.8, 4) is 17.1 Å². The predicted octanol–water partition coefficient (Wildman–Crippen LogP) is 3.36. The number of hydrogen-bond acceptors (Lipinski definition) is 8. The maximum absolute atomic E-state index is 9.36. The third-order valence-electron chi connectivity index (χ3n) is 5.40. The Balaban J connectivity index is 1.52. The second-order valence-electron chi connectivity index (χ2n) is 7.91. The first-order valence-corrected chi connectivity index (χ1v) is 11.5. The lowest BCUT2D eigenvalue weighted by atomic mass is 10.2. The zero-order valence-corrected chi connectivity index (χ0v) is 20.0. The van der Waals surface area contributed by atoms with Gasteiger partial charge in [-0.2, -0.15) is 0 Å². The lowest BCUT2D eigenvalue weighted by Gasteiger charge is -2.36. The van der Waals surface area contributed by atoms with Crippen LogP contribution in [0.1, 0.15) is 6.92 Å². The molecule has 1 aliphatic heterocycles. The Labute approximate surface area is 200 Å². The number of anilines is 1. The Morgan fingerprint density at radius 2 is 1.97 bits per heavy atom. The van der Waals surface area contributed by atoms with Gasteiger partial charge in [-0.25, -0.2) is 9.97 Å². The highest BCUT2D eigenvalue weighted by molar-refractivity contribution is 9.10. The zero-order chi connectivity index (χ0) is 23.4. The van der Waals surface area contributed by atoms with E-state index in [2.05, 4.69) is 35.7 Å². The quantitative estimate of drug-likeness (QED) is 0.268. The average Bonchev–Trinajstić information content (AvgIpc) is 3.22. The first-order chi connectivity index (χ1) is 15.9. The van der Waals surface area contributed by atoms with Crippen LogP contribution in [-0.4, -0.2) is 81.7 Å². The highest BCUT2D eigenvalue weighted by atomic mass is 79.9. The van der Waals surface area contributed by atoms with Gasteiger partial charge in [0.25, 0.3) is 0 Å². The number of allylic oxidation sites excluding steroid dienone is 1. The molecule has 3 aromatic rings. The molecule has 3 heterocycles. The highest BCUT2D eigenvalue weighted by Gasteiger charge is 2.23. The topological polar surface area (TPSA) is 122 Å². The summed E-state index contributed by atoms with van der Waals surface area (Å²) >= 11 is 3.66. The number of H-pyrrole nitrogens is 1. The number of ether oxygens (including phenoxy) is 1. The van der Waals surface area contributed by atoms with Gasteiger partial charge in [-0.3, -0.25) is 4.90 Å². The van der Waals surface area contributed by atoms with Crippen molar-refractivity contribution in [3.05, 3.63) is 46.8 Å². The minimum Gasteiger partial charge on any atom is -0.513 e. The van der Waals surface area contributed by atoms with Crippen LogP contribution < -0.4 is 9.64 Å². The molecule has 2 aromatic heterocycles. The fraction of sp³-hybridized carbons (Fsp3) is 0.348. The summed E-state index contributed by atoms with van der Waals surface area (Å²) in [6.07, 6.45) is 3.29. The maximum Gasteiger partial charge on any atom is 0.159 e. The van der Waals surface area contributed by atoms with Crippen molar-refractivity contribution in [2.45, 2.75) is 6.92 Å². The normalized spacial score (nSPS) is 15.2. The van der Waals surface area contributed by atoms with E-state index in [1.807, 2.05) is 24.3 Å². The Morgan fingerprint density at radius 1 is 1.24 bits per heavy atom. The number of pyridine rings is 1. The fourth-order valence-corrected chi connectivity index (χ4v) is 4.44. The van der Waals surface area contributed by atoms with Gasteiger partial charge in [0.05, 0.1) is 22.5 Å². The summed E-state index contributed by atoms with van der Waals surface area (Å²) in [5.41, 5.74) is 3.85. The summed E-state index contributed by atoms with van der Waals surface area (Å²) in [5, 5.41) is 26.3. The fourth-order valence-electron chi connectivity index (χ4n) is 3.90. The van der Waals surface area contributed by atoms with Crippen molar-refractivity contribution in [2.24, 2.45) is 0 Å². The number of imidazole rings is 1. The molecule has 1 aromatic carbocycles. The van der Waals surface area contributed by atoms with E-state index in [0.717, 1.165) is 58.9 Å². The third kappa shape index (κ3) is 5.52. The van der Waals surface area contributed by atoms with Crippen molar-refractivity contribution in [3.63, 3.8) is 0 Å². The van der Waals surface area contributed by atoms with Gasteiger partial charge in [-0.1, -0.05) is 0 Å². The third-order valence-corrected chi connectivity index (χ3v) is 5.98. The lowest BCUT2D eigenvalue weighted by Crippen LogP contribution is -2.48. The summed E-state index contributed by atoms with van der Waals surface area (Å²) in [6.45, 7) is 5.55. The van der Waals surface area contributed by atoms with Gasteiger partial charge in [-0.15, -0.1) is 0 Å². The second kappa shape index (κ2) is 10.3. The van der Waals surface area contributed by atoms with Gasteiger partial charge >= 0.3 is 0 Å². The van der Waals surface area contributed by atoms with Crippen LogP contribution in [0.2, 0.25) is 0 Å². The summed E-state index contributed by atoms with van der Waals surface area (Å²) < 4.78 is 6.32. The molecule has 0 aliphatic carbocycles. The zero-order valence-electron chi connectivity index (χ0n) is 18.4. The van der Waals surface area contributed by atoms with Crippen LogP contribution in [0.25, 0.3) is 22.6 Å². The van der Waals surface area contributed by atoms with E-state index in [0.29, 0.717) is 18.0 Å². The Bertz CT molecular complexity index is 1150. The number of nitrogens with zero attached hydrogens (tertiary/aromatic N) is 4. The van der Waals surface area contributed by atoms with Crippen LogP contribution in [0.4, 0.5) is 5.69 Å². The molecule has 9 nitrogen and oxygen atoms in total. The Hall–Kier alpha value is -2.95. The van der Waals surface area contributed by atoms with Crippen molar-refractivity contribution >= 4 is 38.5 Å².